The van der Waals surface area contributed by atoms with Crippen LogP contribution in [0, 0.1) is 11.3 Å². The van der Waals surface area contributed by atoms with Gasteiger partial charge < -0.3 is 9.84 Å². The van der Waals surface area contributed by atoms with Gasteiger partial charge in [-0.1, -0.05) is 18.2 Å². The smallest absolute Gasteiger partial charge is 0.346 e. The Morgan fingerprint density at radius 2 is 2.22 bits per heavy atom. The Morgan fingerprint density at radius 3 is 2.89 bits per heavy atom. The van der Waals surface area contributed by atoms with Crippen molar-refractivity contribution in [2.45, 2.75) is 6.61 Å². The van der Waals surface area contributed by atoms with Gasteiger partial charge in [-0.2, -0.15) is 5.26 Å². The van der Waals surface area contributed by atoms with Gasteiger partial charge in [0.2, 0.25) is 0 Å². The van der Waals surface area contributed by atoms with Crippen molar-refractivity contribution >= 4 is 17.3 Å². The Hall–Kier alpha value is -2.32. The lowest BCUT2D eigenvalue weighted by Crippen LogP contribution is -1.97. The van der Waals surface area contributed by atoms with E-state index in [1.165, 1.54) is 6.07 Å². The lowest BCUT2D eigenvalue weighted by Gasteiger charge is -2.05. The number of nitrogens with zero attached hydrogens (tertiary/aromatic N) is 1. The van der Waals surface area contributed by atoms with Gasteiger partial charge in [-0.3, -0.25) is 0 Å². The van der Waals surface area contributed by atoms with Crippen LogP contribution in [0.5, 0.6) is 5.75 Å². The Labute approximate surface area is 108 Å². The normalized spacial score (nSPS) is 9.72. The fourth-order valence-corrected chi connectivity index (χ4v) is 2.09. The molecule has 1 heterocycles. The molecule has 2 aromatic rings. The fraction of sp³-hybridized carbons (Fsp3) is 0.0769. The maximum Gasteiger partial charge on any atom is 0.346 e. The second-order valence-electron chi connectivity index (χ2n) is 3.51. The molecule has 0 aliphatic heterocycles. The molecular formula is C13H9NO3S. The lowest BCUT2D eigenvalue weighted by atomic mass is 10.1. The number of carboxylic acids is 1. The number of carboxylic acid groups (broad SMARTS) is 1. The first-order valence-corrected chi connectivity index (χ1v) is 6.01. The van der Waals surface area contributed by atoms with Crippen LogP contribution in [0.3, 0.4) is 0 Å². The highest BCUT2D eigenvalue weighted by molar-refractivity contribution is 7.12. The van der Waals surface area contributed by atoms with Gasteiger partial charge in [-0.05, 0) is 6.07 Å². The van der Waals surface area contributed by atoms with E-state index in [4.69, 9.17) is 15.1 Å². The summed E-state index contributed by atoms with van der Waals surface area (Å²) in [5, 5.41) is 19.3. The van der Waals surface area contributed by atoms with Gasteiger partial charge in [-0.25, -0.2) is 4.79 Å². The fourth-order valence-electron chi connectivity index (χ4n) is 1.42. The number of nitriles is 1. The first-order valence-electron chi connectivity index (χ1n) is 5.13. The number of ether oxygens (including phenoxy) is 1. The number of rotatable bonds is 4. The predicted octanol–water partition coefficient (Wildman–Crippen LogP) is 2.90. The third-order valence-electron chi connectivity index (χ3n) is 2.32. The minimum absolute atomic E-state index is 0.235. The van der Waals surface area contributed by atoms with E-state index in [0.717, 1.165) is 16.9 Å². The Morgan fingerprint density at radius 1 is 1.44 bits per heavy atom. The average Bonchev–Trinajstić information content (AvgIpc) is 2.85. The van der Waals surface area contributed by atoms with E-state index in [1.54, 1.807) is 17.5 Å². The molecule has 0 aliphatic rings. The van der Waals surface area contributed by atoms with Gasteiger partial charge in [-0.15, -0.1) is 11.3 Å². The molecule has 0 amide bonds. The Kier molecular flexibility index (Phi) is 3.60. The zero-order valence-corrected chi connectivity index (χ0v) is 10.1. The van der Waals surface area contributed by atoms with E-state index in [-0.39, 0.29) is 11.5 Å². The van der Waals surface area contributed by atoms with Gasteiger partial charge in [0.25, 0.3) is 0 Å². The monoisotopic (exact) mass is 259 g/mol. The van der Waals surface area contributed by atoms with E-state index < -0.39 is 5.97 Å². The molecule has 4 nitrogen and oxygen atoms in total. The molecule has 1 aromatic carbocycles. The molecule has 0 radical (unpaired) electrons. The van der Waals surface area contributed by atoms with E-state index in [9.17, 15) is 4.79 Å². The molecule has 0 aliphatic carbocycles. The molecule has 18 heavy (non-hydrogen) atoms. The molecule has 0 saturated carbocycles. The van der Waals surface area contributed by atoms with Gasteiger partial charge in [0.15, 0.2) is 0 Å². The van der Waals surface area contributed by atoms with Gasteiger partial charge in [0, 0.05) is 17.0 Å². The topological polar surface area (TPSA) is 70.3 Å². The molecule has 1 aromatic heterocycles. The van der Waals surface area contributed by atoms with Crippen molar-refractivity contribution in [3.63, 3.8) is 0 Å². The minimum atomic E-state index is -0.965. The van der Waals surface area contributed by atoms with Crippen molar-refractivity contribution in [3.8, 4) is 11.8 Å². The molecule has 0 unspecified atom stereocenters. The SMILES string of the molecule is N#Cc1ccccc1COc1csc(C(=O)O)c1. The van der Waals surface area contributed by atoms with Crippen LogP contribution in [0.15, 0.2) is 35.7 Å². The third-order valence-corrected chi connectivity index (χ3v) is 3.21. The van der Waals surface area contributed by atoms with Gasteiger partial charge in [0.1, 0.15) is 17.2 Å². The third kappa shape index (κ3) is 2.67. The Balaban J connectivity index is 2.07. The highest BCUT2D eigenvalue weighted by Gasteiger charge is 2.08. The summed E-state index contributed by atoms with van der Waals surface area (Å²) in [4.78, 5) is 10.9. The summed E-state index contributed by atoms with van der Waals surface area (Å²) < 4.78 is 5.46. The highest BCUT2D eigenvalue weighted by Crippen LogP contribution is 2.22. The molecular weight excluding hydrogens is 250 g/mol. The van der Waals surface area contributed by atoms with Crippen LogP contribution < -0.4 is 4.74 Å². The number of hydrogen-bond acceptors (Lipinski definition) is 4. The average molecular weight is 259 g/mol. The van der Waals surface area contributed by atoms with Crippen LogP contribution in [-0.2, 0) is 6.61 Å². The number of carbonyl (C=O) groups is 1. The van der Waals surface area contributed by atoms with E-state index in [1.807, 2.05) is 12.1 Å². The standard InChI is InChI=1S/C13H9NO3S/c14-6-9-3-1-2-4-10(9)7-17-11-5-12(13(15)16)18-8-11/h1-5,8H,7H2,(H,15,16). The summed E-state index contributed by atoms with van der Waals surface area (Å²) in [5.74, 6) is -0.461. The van der Waals surface area contributed by atoms with E-state index in [0.29, 0.717) is 11.3 Å². The van der Waals surface area contributed by atoms with Crippen LogP contribution >= 0.6 is 11.3 Å². The van der Waals surface area contributed by atoms with E-state index >= 15 is 0 Å². The van der Waals surface area contributed by atoms with Crippen LogP contribution in [-0.4, -0.2) is 11.1 Å². The zero-order chi connectivity index (χ0) is 13.0. The second-order valence-corrected chi connectivity index (χ2v) is 4.42. The maximum atomic E-state index is 10.7. The minimum Gasteiger partial charge on any atom is -0.488 e. The molecule has 0 saturated heterocycles. The Bertz CT molecular complexity index is 613. The van der Waals surface area contributed by atoms with Crippen molar-refractivity contribution in [2.75, 3.05) is 0 Å². The number of aromatic carboxylic acids is 1. The number of thiophene rings is 1. The summed E-state index contributed by atoms with van der Waals surface area (Å²) in [6.07, 6.45) is 0. The van der Waals surface area contributed by atoms with Crippen molar-refractivity contribution in [1.82, 2.24) is 0 Å². The van der Waals surface area contributed by atoms with Crippen LogP contribution in [0.4, 0.5) is 0 Å². The molecule has 0 atom stereocenters. The first-order chi connectivity index (χ1) is 8.70. The molecule has 0 fully saturated rings. The number of hydrogen-bond donors (Lipinski definition) is 1. The van der Waals surface area contributed by atoms with Crippen LogP contribution in [0.2, 0.25) is 0 Å². The zero-order valence-electron chi connectivity index (χ0n) is 9.29. The first kappa shape index (κ1) is 12.1. The maximum absolute atomic E-state index is 10.7. The van der Waals surface area contributed by atoms with Crippen LogP contribution in [0.1, 0.15) is 20.8 Å². The molecule has 1 N–H and O–H groups in total. The van der Waals surface area contributed by atoms with Gasteiger partial charge >= 0.3 is 5.97 Å². The summed E-state index contributed by atoms with van der Waals surface area (Å²) in [6.45, 7) is 0.250. The summed E-state index contributed by atoms with van der Waals surface area (Å²) in [5.41, 5.74) is 1.34. The van der Waals surface area contributed by atoms with Crippen molar-refractivity contribution in [2.24, 2.45) is 0 Å². The molecule has 5 heteroatoms. The van der Waals surface area contributed by atoms with Crippen LogP contribution in [0.25, 0.3) is 0 Å². The van der Waals surface area contributed by atoms with Gasteiger partial charge in [0.05, 0.1) is 11.6 Å². The summed E-state index contributed by atoms with van der Waals surface area (Å²) in [7, 11) is 0. The summed E-state index contributed by atoms with van der Waals surface area (Å²) >= 11 is 1.11. The van der Waals surface area contributed by atoms with E-state index in [2.05, 4.69) is 6.07 Å². The van der Waals surface area contributed by atoms with Crippen molar-refractivity contribution in [1.29, 1.82) is 5.26 Å². The number of benzene rings is 1. The quantitative estimate of drug-likeness (QED) is 0.916. The molecule has 0 spiro atoms. The molecule has 90 valence electrons. The second kappa shape index (κ2) is 5.34. The lowest BCUT2D eigenvalue weighted by molar-refractivity contribution is 0.0702. The molecule has 0 bridgehead atoms. The molecule has 2 rings (SSSR count). The highest BCUT2D eigenvalue weighted by atomic mass is 32.1. The summed E-state index contributed by atoms with van der Waals surface area (Å²) in [6, 6.07) is 10.7. The van der Waals surface area contributed by atoms with Crippen molar-refractivity contribution in [3.05, 3.63) is 51.7 Å². The predicted molar refractivity (Wildman–Crippen MR) is 66.8 cm³/mol. The van der Waals surface area contributed by atoms with Crippen molar-refractivity contribution < 1.29 is 14.6 Å². The largest absolute Gasteiger partial charge is 0.488 e.